The van der Waals surface area contributed by atoms with Gasteiger partial charge in [-0.15, -0.1) is 0 Å². The molecule has 0 bridgehead atoms. The molecule has 1 aliphatic rings. The molecule has 2 N–H and O–H groups in total. The van der Waals surface area contributed by atoms with Gasteiger partial charge in [-0.05, 0) is 30.3 Å². The molecule has 0 spiro atoms. The Bertz CT molecular complexity index is 1280. The van der Waals surface area contributed by atoms with E-state index in [0.29, 0.717) is 16.7 Å². The second-order valence-corrected chi connectivity index (χ2v) is 7.22. The van der Waals surface area contributed by atoms with Crippen molar-refractivity contribution in [3.8, 4) is 0 Å². The Hall–Kier alpha value is -4.59. The van der Waals surface area contributed by atoms with Crippen molar-refractivity contribution >= 4 is 35.0 Å². The number of hydrogen-bond donors (Lipinski definition) is 2. The number of ketones is 2. The van der Waals surface area contributed by atoms with Crippen LogP contribution in [-0.4, -0.2) is 42.5 Å². The molecule has 2 amide bonds. The molecule has 0 aliphatic heterocycles. The summed E-state index contributed by atoms with van der Waals surface area (Å²) in [5, 5.41) is 4.94. The van der Waals surface area contributed by atoms with Gasteiger partial charge in [0, 0.05) is 33.5 Å². The Labute approximate surface area is 188 Å². The molecule has 0 atom stereocenters. The van der Waals surface area contributed by atoms with Crippen molar-refractivity contribution in [2.75, 3.05) is 18.5 Å². The van der Waals surface area contributed by atoms with Crippen molar-refractivity contribution in [1.29, 1.82) is 0 Å². The van der Waals surface area contributed by atoms with Gasteiger partial charge >= 0.3 is 5.97 Å². The van der Waals surface area contributed by atoms with Gasteiger partial charge in [-0.1, -0.05) is 42.5 Å². The lowest BCUT2D eigenvalue weighted by molar-refractivity contribution is -0.146. The van der Waals surface area contributed by atoms with Gasteiger partial charge in [0.2, 0.25) is 0 Å². The number of carbonyl (C=O) groups is 5. The van der Waals surface area contributed by atoms with E-state index in [9.17, 15) is 24.0 Å². The molecule has 1 aliphatic carbocycles. The van der Waals surface area contributed by atoms with Crippen molar-refractivity contribution < 1.29 is 28.7 Å². The van der Waals surface area contributed by atoms with Crippen LogP contribution < -0.4 is 10.6 Å². The van der Waals surface area contributed by atoms with Gasteiger partial charge in [-0.2, -0.15) is 0 Å². The average molecular weight is 442 g/mol. The first kappa shape index (κ1) is 21.6. The van der Waals surface area contributed by atoms with Crippen LogP contribution in [-0.2, 0) is 14.3 Å². The largest absolute Gasteiger partial charge is 0.454 e. The summed E-state index contributed by atoms with van der Waals surface area (Å²) in [6, 6.07) is 19.3. The van der Waals surface area contributed by atoms with Crippen molar-refractivity contribution in [1.82, 2.24) is 5.32 Å². The molecule has 33 heavy (non-hydrogen) atoms. The van der Waals surface area contributed by atoms with Gasteiger partial charge < -0.3 is 15.4 Å². The molecular weight excluding hydrogens is 424 g/mol. The zero-order valence-corrected chi connectivity index (χ0v) is 17.3. The second kappa shape index (κ2) is 9.27. The summed E-state index contributed by atoms with van der Waals surface area (Å²) in [6.07, 6.45) is 0. The van der Waals surface area contributed by atoms with E-state index in [0.717, 1.165) is 0 Å². The van der Waals surface area contributed by atoms with Gasteiger partial charge in [0.15, 0.2) is 18.2 Å². The van der Waals surface area contributed by atoms with Gasteiger partial charge in [-0.25, -0.2) is 0 Å². The highest BCUT2D eigenvalue weighted by Crippen LogP contribution is 2.29. The predicted molar refractivity (Wildman–Crippen MR) is 118 cm³/mol. The van der Waals surface area contributed by atoms with E-state index in [1.54, 1.807) is 54.6 Å². The smallest absolute Gasteiger partial charge is 0.325 e. The quantitative estimate of drug-likeness (QED) is 0.443. The molecule has 3 aromatic carbocycles. The maximum atomic E-state index is 12.8. The summed E-state index contributed by atoms with van der Waals surface area (Å²) in [7, 11) is 0. The number of hydrogen-bond acceptors (Lipinski definition) is 6. The molecule has 0 fully saturated rings. The Balaban J connectivity index is 1.32. The third-order valence-corrected chi connectivity index (χ3v) is 5.00. The molecule has 0 radical (unpaired) electrons. The maximum absolute atomic E-state index is 12.8. The van der Waals surface area contributed by atoms with Gasteiger partial charge in [-0.3, -0.25) is 24.0 Å². The van der Waals surface area contributed by atoms with Crippen LogP contribution in [0.4, 0.5) is 5.69 Å². The number of nitrogens with one attached hydrogen (secondary N) is 2. The molecule has 0 aromatic heterocycles. The number of fused-ring (bicyclic) bond motifs is 2. The van der Waals surface area contributed by atoms with E-state index in [1.165, 1.54) is 18.2 Å². The lowest BCUT2D eigenvalue weighted by atomic mass is 9.84. The summed E-state index contributed by atoms with van der Waals surface area (Å²) in [5.41, 5.74) is 1.79. The van der Waals surface area contributed by atoms with Gasteiger partial charge in [0.1, 0.15) is 6.54 Å². The van der Waals surface area contributed by atoms with Crippen molar-refractivity contribution in [2.45, 2.75) is 0 Å². The summed E-state index contributed by atoms with van der Waals surface area (Å²) in [5.74, 6) is -2.42. The maximum Gasteiger partial charge on any atom is 0.325 e. The number of rotatable bonds is 6. The monoisotopic (exact) mass is 442 g/mol. The van der Waals surface area contributed by atoms with Crippen molar-refractivity contribution in [2.24, 2.45) is 0 Å². The predicted octanol–water partition coefficient (Wildman–Crippen LogP) is 2.37. The van der Waals surface area contributed by atoms with Crippen LogP contribution in [0, 0.1) is 0 Å². The Kier molecular flexibility index (Phi) is 6.08. The SMILES string of the molecule is O=C(COC(=O)CNC(=O)c1ccccc1)Nc1ccc2c(c1)C(=O)c1ccccc1C2=O. The van der Waals surface area contributed by atoms with Crippen LogP contribution in [0.5, 0.6) is 0 Å². The fourth-order valence-electron chi connectivity index (χ4n) is 3.42. The molecule has 164 valence electrons. The normalized spacial score (nSPS) is 11.8. The zero-order chi connectivity index (χ0) is 23.4. The average Bonchev–Trinajstić information content (AvgIpc) is 2.85. The van der Waals surface area contributed by atoms with E-state index in [-0.39, 0.29) is 28.4 Å². The molecule has 8 heteroatoms. The molecule has 3 aromatic rings. The molecule has 0 unspecified atom stereocenters. The fourth-order valence-corrected chi connectivity index (χ4v) is 3.42. The van der Waals surface area contributed by atoms with Crippen LogP contribution in [0.3, 0.4) is 0 Å². The third kappa shape index (κ3) is 4.69. The molecule has 4 rings (SSSR count). The van der Waals surface area contributed by atoms with Crippen LogP contribution >= 0.6 is 0 Å². The standard InChI is InChI=1S/C25H18N2O6/c28-21(14-33-22(29)13-26-25(32)15-6-2-1-3-7-15)27-16-10-11-19-20(12-16)24(31)18-9-5-4-8-17(18)23(19)30/h1-12H,13-14H2,(H,26,32)(H,27,28). The first-order chi connectivity index (χ1) is 15.9. The van der Waals surface area contributed by atoms with E-state index < -0.39 is 30.9 Å². The summed E-state index contributed by atoms with van der Waals surface area (Å²) < 4.78 is 4.87. The van der Waals surface area contributed by atoms with Crippen LogP contribution in [0.25, 0.3) is 0 Å². The highest BCUT2D eigenvalue weighted by molar-refractivity contribution is 6.28. The molecule has 0 saturated heterocycles. The summed E-state index contributed by atoms with van der Waals surface area (Å²) >= 11 is 0. The van der Waals surface area contributed by atoms with Gasteiger partial charge in [0.25, 0.3) is 11.8 Å². The minimum absolute atomic E-state index is 0.192. The van der Waals surface area contributed by atoms with Gasteiger partial charge in [0.05, 0.1) is 0 Å². The lowest BCUT2D eigenvalue weighted by Crippen LogP contribution is -2.32. The molecule has 0 heterocycles. The highest BCUT2D eigenvalue weighted by Gasteiger charge is 2.29. The Morgan fingerprint density at radius 2 is 1.33 bits per heavy atom. The number of anilines is 1. The first-order valence-electron chi connectivity index (χ1n) is 10.1. The lowest BCUT2D eigenvalue weighted by Gasteiger charge is -2.18. The number of esters is 1. The molecular formula is C25H18N2O6. The van der Waals surface area contributed by atoms with E-state index in [1.807, 2.05) is 0 Å². The van der Waals surface area contributed by atoms with Crippen LogP contribution in [0.15, 0.2) is 72.8 Å². The van der Waals surface area contributed by atoms with Crippen LogP contribution in [0.1, 0.15) is 42.2 Å². The zero-order valence-electron chi connectivity index (χ0n) is 17.3. The fraction of sp³-hybridized carbons (Fsp3) is 0.0800. The number of amides is 2. The third-order valence-electron chi connectivity index (χ3n) is 5.00. The number of benzene rings is 3. The Morgan fingerprint density at radius 3 is 2.03 bits per heavy atom. The first-order valence-corrected chi connectivity index (χ1v) is 10.1. The summed E-state index contributed by atoms with van der Waals surface area (Å²) in [6.45, 7) is -0.970. The molecule has 8 nitrogen and oxygen atoms in total. The minimum atomic E-state index is -0.780. The highest BCUT2D eigenvalue weighted by atomic mass is 16.5. The van der Waals surface area contributed by atoms with E-state index in [2.05, 4.69) is 10.6 Å². The minimum Gasteiger partial charge on any atom is -0.454 e. The second-order valence-electron chi connectivity index (χ2n) is 7.22. The number of ether oxygens (including phenoxy) is 1. The van der Waals surface area contributed by atoms with E-state index in [4.69, 9.17) is 4.74 Å². The van der Waals surface area contributed by atoms with Crippen molar-refractivity contribution in [3.63, 3.8) is 0 Å². The topological polar surface area (TPSA) is 119 Å². The van der Waals surface area contributed by atoms with Crippen molar-refractivity contribution in [3.05, 3.63) is 101 Å². The van der Waals surface area contributed by atoms with Crippen LogP contribution in [0.2, 0.25) is 0 Å². The molecule has 0 saturated carbocycles. The Morgan fingerprint density at radius 1 is 0.727 bits per heavy atom. The number of carbonyl (C=O) groups excluding carboxylic acids is 5. The van der Waals surface area contributed by atoms with E-state index >= 15 is 0 Å². The summed E-state index contributed by atoms with van der Waals surface area (Å²) in [4.78, 5) is 61.3.